The van der Waals surface area contributed by atoms with Crippen LogP contribution in [0.15, 0.2) is 24.5 Å². The molecule has 0 unspecified atom stereocenters. The van der Waals surface area contributed by atoms with Crippen LogP contribution in [0.2, 0.25) is 5.02 Å². The standard InChI is InChI=1S/C10H11ClN4/c1-7-4-8(11)2-3-9(7)15-6-13-14-10(15)5-12/h2-4,6H,5,12H2,1H3. The highest BCUT2D eigenvalue weighted by Gasteiger charge is 2.06. The first-order chi connectivity index (χ1) is 7.22. The van der Waals surface area contributed by atoms with Gasteiger partial charge in [-0.3, -0.25) is 4.57 Å². The van der Waals surface area contributed by atoms with Gasteiger partial charge in [0.25, 0.3) is 0 Å². The smallest absolute Gasteiger partial charge is 0.151 e. The normalized spacial score (nSPS) is 10.6. The Balaban J connectivity index is 2.54. The van der Waals surface area contributed by atoms with Gasteiger partial charge in [0.05, 0.1) is 12.2 Å². The van der Waals surface area contributed by atoms with E-state index in [-0.39, 0.29) is 0 Å². The molecule has 15 heavy (non-hydrogen) atoms. The average Bonchev–Trinajstić information content (AvgIpc) is 2.65. The van der Waals surface area contributed by atoms with Crippen molar-refractivity contribution in [3.63, 3.8) is 0 Å². The summed E-state index contributed by atoms with van der Waals surface area (Å²) in [4.78, 5) is 0. The topological polar surface area (TPSA) is 56.7 Å². The third-order valence-corrected chi connectivity index (χ3v) is 2.45. The van der Waals surface area contributed by atoms with Crippen molar-refractivity contribution in [1.82, 2.24) is 14.8 Å². The minimum absolute atomic E-state index is 0.363. The van der Waals surface area contributed by atoms with Crippen LogP contribution >= 0.6 is 11.6 Å². The highest BCUT2D eigenvalue weighted by Crippen LogP contribution is 2.19. The van der Waals surface area contributed by atoms with Crippen molar-refractivity contribution in [3.8, 4) is 5.69 Å². The number of hydrogen-bond acceptors (Lipinski definition) is 3. The van der Waals surface area contributed by atoms with Gasteiger partial charge in [-0.2, -0.15) is 0 Å². The molecule has 1 aromatic carbocycles. The van der Waals surface area contributed by atoms with Gasteiger partial charge in [0.15, 0.2) is 5.82 Å². The second kappa shape index (κ2) is 4.00. The first-order valence-electron chi connectivity index (χ1n) is 4.58. The van der Waals surface area contributed by atoms with E-state index >= 15 is 0 Å². The van der Waals surface area contributed by atoms with Gasteiger partial charge in [0.2, 0.25) is 0 Å². The van der Waals surface area contributed by atoms with E-state index in [4.69, 9.17) is 17.3 Å². The molecule has 78 valence electrons. The number of nitrogens with zero attached hydrogens (tertiary/aromatic N) is 3. The minimum Gasteiger partial charge on any atom is -0.324 e. The quantitative estimate of drug-likeness (QED) is 0.841. The molecule has 0 saturated heterocycles. The van der Waals surface area contributed by atoms with E-state index in [9.17, 15) is 0 Å². The Labute approximate surface area is 92.7 Å². The van der Waals surface area contributed by atoms with Gasteiger partial charge in [-0.25, -0.2) is 0 Å². The lowest BCUT2D eigenvalue weighted by atomic mass is 10.2. The van der Waals surface area contributed by atoms with E-state index in [0.29, 0.717) is 6.54 Å². The lowest BCUT2D eigenvalue weighted by Crippen LogP contribution is -2.07. The van der Waals surface area contributed by atoms with Crippen molar-refractivity contribution in [1.29, 1.82) is 0 Å². The zero-order valence-electron chi connectivity index (χ0n) is 8.31. The van der Waals surface area contributed by atoms with E-state index in [1.54, 1.807) is 6.33 Å². The van der Waals surface area contributed by atoms with Gasteiger partial charge < -0.3 is 5.73 Å². The van der Waals surface area contributed by atoms with Crippen molar-refractivity contribution >= 4 is 11.6 Å². The van der Waals surface area contributed by atoms with Crippen LogP contribution in [-0.4, -0.2) is 14.8 Å². The summed E-state index contributed by atoms with van der Waals surface area (Å²) in [5.41, 5.74) is 7.63. The monoisotopic (exact) mass is 222 g/mol. The van der Waals surface area contributed by atoms with Crippen LogP contribution in [0.4, 0.5) is 0 Å². The summed E-state index contributed by atoms with van der Waals surface area (Å²) in [6.07, 6.45) is 1.65. The van der Waals surface area contributed by atoms with E-state index in [1.165, 1.54) is 0 Å². The van der Waals surface area contributed by atoms with Gasteiger partial charge in [-0.15, -0.1) is 10.2 Å². The van der Waals surface area contributed by atoms with E-state index in [0.717, 1.165) is 22.1 Å². The maximum Gasteiger partial charge on any atom is 0.151 e. The van der Waals surface area contributed by atoms with Gasteiger partial charge in [-0.05, 0) is 30.7 Å². The molecule has 0 aliphatic rings. The van der Waals surface area contributed by atoms with Crippen LogP contribution < -0.4 is 5.73 Å². The molecule has 0 radical (unpaired) electrons. The van der Waals surface area contributed by atoms with E-state index in [2.05, 4.69) is 10.2 Å². The Morgan fingerprint density at radius 2 is 2.27 bits per heavy atom. The lowest BCUT2D eigenvalue weighted by molar-refractivity contribution is 0.856. The molecule has 2 N–H and O–H groups in total. The fourth-order valence-electron chi connectivity index (χ4n) is 1.49. The van der Waals surface area contributed by atoms with Crippen molar-refractivity contribution in [2.45, 2.75) is 13.5 Å². The molecular formula is C10H11ClN4. The Morgan fingerprint density at radius 3 is 2.93 bits per heavy atom. The highest BCUT2D eigenvalue weighted by atomic mass is 35.5. The molecule has 0 bridgehead atoms. The lowest BCUT2D eigenvalue weighted by Gasteiger charge is -2.08. The van der Waals surface area contributed by atoms with Crippen LogP contribution in [0.3, 0.4) is 0 Å². The van der Waals surface area contributed by atoms with Gasteiger partial charge >= 0.3 is 0 Å². The van der Waals surface area contributed by atoms with Crippen molar-refractivity contribution in [3.05, 3.63) is 40.9 Å². The fraction of sp³-hybridized carbons (Fsp3) is 0.200. The summed E-state index contributed by atoms with van der Waals surface area (Å²) in [6, 6.07) is 5.67. The molecule has 0 fully saturated rings. The molecule has 5 heteroatoms. The molecule has 2 rings (SSSR count). The number of aryl methyl sites for hydroxylation is 1. The van der Waals surface area contributed by atoms with Gasteiger partial charge in [0.1, 0.15) is 6.33 Å². The zero-order valence-corrected chi connectivity index (χ0v) is 9.07. The minimum atomic E-state index is 0.363. The highest BCUT2D eigenvalue weighted by molar-refractivity contribution is 6.30. The first-order valence-corrected chi connectivity index (χ1v) is 4.95. The van der Waals surface area contributed by atoms with Gasteiger partial charge in [-0.1, -0.05) is 11.6 Å². The summed E-state index contributed by atoms with van der Waals surface area (Å²) in [7, 11) is 0. The second-order valence-corrected chi connectivity index (χ2v) is 3.69. The summed E-state index contributed by atoms with van der Waals surface area (Å²) >= 11 is 5.89. The molecule has 0 aliphatic carbocycles. The first kappa shape index (κ1) is 10.1. The Hall–Kier alpha value is -1.39. The number of aromatic nitrogens is 3. The molecule has 0 aliphatic heterocycles. The summed E-state index contributed by atoms with van der Waals surface area (Å²) in [6.45, 7) is 2.35. The zero-order chi connectivity index (χ0) is 10.8. The summed E-state index contributed by atoms with van der Waals surface area (Å²) < 4.78 is 1.87. The number of rotatable bonds is 2. The Kier molecular flexibility index (Phi) is 2.70. The molecule has 4 nitrogen and oxygen atoms in total. The molecule has 0 atom stereocenters. The molecule has 1 heterocycles. The molecule has 0 saturated carbocycles. The second-order valence-electron chi connectivity index (χ2n) is 3.25. The fourth-order valence-corrected chi connectivity index (χ4v) is 1.72. The summed E-state index contributed by atoms with van der Waals surface area (Å²) in [5.74, 6) is 0.737. The maximum atomic E-state index is 5.89. The summed E-state index contributed by atoms with van der Waals surface area (Å²) in [5, 5.41) is 8.48. The SMILES string of the molecule is Cc1cc(Cl)ccc1-n1cnnc1CN. The van der Waals surface area contributed by atoms with Crippen molar-refractivity contribution < 1.29 is 0 Å². The predicted octanol–water partition coefficient (Wildman–Crippen LogP) is 1.69. The molecule has 2 aromatic rings. The Bertz CT molecular complexity index is 478. The third-order valence-electron chi connectivity index (χ3n) is 2.22. The number of halogens is 1. The number of nitrogens with two attached hydrogens (primary N) is 1. The number of hydrogen-bond donors (Lipinski definition) is 1. The van der Waals surface area contributed by atoms with Crippen LogP contribution in [0.1, 0.15) is 11.4 Å². The molecule has 0 spiro atoms. The van der Waals surface area contributed by atoms with E-state index in [1.807, 2.05) is 29.7 Å². The van der Waals surface area contributed by atoms with Gasteiger partial charge in [0, 0.05) is 5.02 Å². The van der Waals surface area contributed by atoms with Crippen LogP contribution in [0.5, 0.6) is 0 Å². The maximum absolute atomic E-state index is 5.89. The van der Waals surface area contributed by atoms with Crippen molar-refractivity contribution in [2.24, 2.45) is 5.73 Å². The van der Waals surface area contributed by atoms with Crippen molar-refractivity contribution in [2.75, 3.05) is 0 Å². The van der Waals surface area contributed by atoms with Crippen LogP contribution in [0, 0.1) is 6.92 Å². The largest absolute Gasteiger partial charge is 0.324 e. The Morgan fingerprint density at radius 1 is 1.47 bits per heavy atom. The molecular weight excluding hydrogens is 212 g/mol. The predicted molar refractivity (Wildman–Crippen MR) is 59.0 cm³/mol. The van der Waals surface area contributed by atoms with Crippen LogP contribution in [-0.2, 0) is 6.54 Å². The van der Waals surface area contributed by atoms with Crippen LogP contribution in [0.25, 0.3) is 5.69 Å². The van der Waals surface area contributed by atoms with E-state index < -0.39 is 0 Å². The molecule has 0 amide bonds. The number of benzene rings is 1. The molecule has 1 aromatic heterocycles. The third kappa shape index (κ3) is 1.86. The average molecular weight is 223 g/mol.